The van der Waals surface area contributed by atoms with E-state index in [1.807, 2.05) is 0 Å². The normalized spacial score (nSPS) is 17.8. The van der Waals surface area contributed by atoms with E-state index in [1.54, 1.807) is 13.0 Å². The Balaban J connectivity index is 1.82. The molecule has 1 fully saturated rings. The highest BCUT2D eigenvalue weighted by Gasteiger charge is 2.39. The summed E-state index contributed by atoms with van der Waals surface area (Å²) in [6.45, 7) is 1.23. The number of anilines is 1. The number of aromatic nitrogens is 1. The van der Waals surface area contributed by atoms with Gasteiger partial charge < -0.3 is 24.6 Å². The van der Waals surface area contributed by atoms with E-state index in [-0.39, 0.29) is 30.9 Å². The summed E-state index contributed by atoms with van der Waals surface area (Å²) >= 11 is 0. The zero-order valence-electron chi connectivity index (χ0n) is 18.8. The van der Waals surface area contributed by atoms with E-state index >= 15 is 4.39 Å². The van der Waals surface area contributed by atoms with Gasteiger partial charge in [0, 0.05) is 50.6 Å². The van der Waals surface area contributed by atoms with Crippen molar-refractivity contribution in [3.05, 3.63) is 47.3 Å². The van der Waals surface area contributed by atoms with E-state index in [4.69, 9.17) is 10.00 Å². The second kappa shape index (κ2) is 10.4. The molecule has 2 unspecified atom stereocenters. The van der Waals surface area contributed by atoms with Gasteiger partial charge in [0.05, 0.1) is 12.2 Å². The van der Waals surface area contributed by atoms with Crippen LogP contribution >= 0.6 is 0 Å². The van der Waals surface area contributed by atoms with Gasteiger partial charge in [-0.05, 0) is 25.1 Å². The number of aryl methyl sites for hydroxylation is 1. The molecule has 1 aromatic heterocycles. The SMILES string of the molecule is CCOC(=O)N1CC(CO)C(NS(=O)(=O)c2cn(C)c(C(=O)Nc3ccc(F)c(C#N)c3)c2F)C1. The molecule has 188 valence electrons. The van der Waals surface area contributed by atoms with Crippen molar-refractivity contribution in [2.24, 2.45) is 13.0 Å². The highest BCUT2D eigenvalue weighted by Crippen LogP contribution is 2.25. The first-order valence-corrected chi connectivity index (χ1v) is 11.9. The first kappa shape index (κ1) is 26.1. The molecule has 1 aliphatic rings. The average molecular weight is 512 g/mol. The smallest absolute Gasteiger partial charge is 0.409 e. The maximum absolute atomic E-state index is 15.2. The van der Waals surface area contributed by atoms with Gasteiger partial charge in [-0.3, -0.25) is 4.79 Å². The molecule has 2 amide bonds. The molecule has 0 saturated carbocycles. The summed E-state index contributed by atoms with van der Waals surface area (Å²) in [5.41, 5.74) is -0.951. The maximum Gasteiger partial charge on any atom is 0.409 e. The minimum atomic E-state index is -4.51. The molecule has 3 N–H and O–H groups in total. The standard InChI is InChI=1S/C21H23F2N5O6S/c1-3-34-21(31)28-8-13(11-29)16(9-28)26-35(32,33)17-10-27(2)19(18(17)23)20(30)25-14-4-5-15(22)12(6-14)7-24/h4-6,10,13,16,26,29H,3,8-9,11H2,1-2H3,(H,25,30). The van der Waals surface area contributed by atoms with Gasteiger partial charge in [-0.25, -0.2) is 26.7 Å². The number of ether oxygens (including phenoxy) is 1. The molecule has 14 heteroatoms. The molecule has 11 nitrogen and oxygen atoms in total. The number of hydrogen-bond donors (Lipinski definition) is 3. The molecule has 0 radical (unpaired) electrons. The van der Waals surface area contributed by atoms with E-state index < -0.39 is 62.8 Å². The summed E-state index contributed by atoms with van der Waals surface area (Å²) in [6.07, 6.45) is 0.238. The quantitative estimate of drug-likeness (QED) is 0.504. The molecule has 1 aliphatic heterocycles. The number of aliphatic hydroxyl groups is 1. The lowest BCUT2D eigenvalue weighted by Gasteiger charge is -2.17. The van der Waals surface area contributed by atoms with Crippen molar-refractivity contribution in [3.8, 4) is 6.07 Å². The van der Waals surface area contributed by atoms with Crippen LogP contribution in [0.5, 0.6) is 0 Å². The Morgan fingerprint density at radius 1 is 1.31 bits per heavy atom. The molecular weight excluding hydrogens is 488 g/mol. The van der Waals surface area contributed by atoms with Crippen molar-refractivity contribution >= 4 is 27.7 Å². The molecule has 35 heavy (non-hydrogen) atoms. The van der Waals surface area contributed by atoms with Gasteiger partial charge in [0.1, 0.15) is 22.5 Å². The van der Waals surface area contributed by atoms with Crippen molar-refractivity contribution in [2.75, 3.05) is 31.6 Å². The number of benzene rings is 1. The van der Waals surface area contributed by atoms with Crippen molar-refractivity contribution in [1.82, 2.24) is 14.2 Å². The maximum atomic E-state index is 15.2. The van der Waals surface area contributed by atoms with Crippen LogP contribution in [0.2, 0.25) is 0 Å². The summed E-state index contributed by atoms with van der Waals surface area (Å²) in [4.78, 5) is 25.0. The minimum absolute atomic E-state index is 0.00637. The van der Waals surface area contributed by atoms with Gasteiger partial charge in [0.25, 0.3) is 5.91 Å². The second-order valence-corrected chi connectivity index (χ2v) is 9.48. The predicted molar refractivity (Wildman–Crippen MR) is 118 cm³/mol. The van der Waals surface area contributed by atoms with Crippen LogP contribution in [-0.2, 0) is 21.8 Å². The summed E-state index contributed by atoms with van der Waals surface area (Å²) < 4.78 is 62.7. The number of hydrogen-bond acceptors (Lipinski definition) is 7. The Morgan fingerprint density at radius 2 is 2.03 bits per heavy atom. The third kappa shape index (κ3) is 5.42. The Labute approximate surface area is 199 Å². The third-order valence-corrected chi connectivity index (χ3v) is 6.92. The second-order valence-electron chi connectivity index (χ2n) is 7.80. The molecule has 2 aromatic rings. The van der Waals surface area contributed by atoms with Crippen LogP contribution in [0.15, 0.2) is 29.3 Å². The van der Waals surface area contributed by atoms with Crippen LogP contribution in [0.1, 0.15) is 23.0 Å². The van der Waals surface area contributed by atoms with Crippen molar-refractivity contribution in [1.29, 1.82) is 5.26 Å². The van der Waals surface area contributed by atoms with Crippen molar-refractivity contribution in [2.45, 2.75) is 17.9 Å². The van der Waals surface area contributed by atoms with Gasteiger partial charge in [-0.15, -0.1) is 0 Å². The third-order valence-electron chi connectivity index (χ3n) is 5.45. The van der Waals surface area contributed by atoms with Gasteiger partial charge in [0.2, 0.25) is 10.0 Å². The Morgan fingerprint density at radius 3 is 2.66 bits per heavy atom. The highest BCUT2D eigenvalue weighted by atomic mass is 32.2. The monoisotopic (exact) mass is 511 g/mol. The van der Waals surface area contributed by atoms with Crippen LogP contribution in [-0.4, -0.2) is 67.3 Å². The molecule has 3 rings (SSSR count). The number of carbonyl (C=O) groups is 2. The minimum Gasteiger partial charge on any atom is -0.450 e. The molecule has 2 atom stereocenters. The topological polar surface area (TPSA) is 154 Å². The van der Waals surface area contributed by atoms with E-state index in [0.29, 0.717) is 0 Å². The number of halogens is 2. The fourth-order valence-corrected chi connectivity index (χ4v) is 5.13. The number of nitriles is 1. The largest absolute Gasteiger partial charge is 0.450 e. The van der Waals surface area contributed by atoms with Crippen LogP contribution in [0, 0.1) is 28.9 Å². The molecule has 2 heterocycles. The zero-order chi connectivity index (χ0) is 25.9. The Hall–Kier alpha value is -3.54. The Kier molecular flexibility index (Phi) is 7.73. The van der Waals surface area contributed by atoms with E-state index in [2.05, 4.69) is 10.0 Å². The number of sulfonamides is 1. The highest BCUT2D eigenvalue weighted by molar-refractivity contribution is 7.89. The predicted octanol–water partition coefficient (Wildman–Crippen LogP) is 1.15. The lowest BCUT2D eigenvalue weighted by Crippen LogP contribution is -2.42. The molecule has 1 saturated heterocycles. The fourth-order valence-electron chi connectivity index (χ4n) is 3.71. The van der Waals surface area contributed by atoms with Crippen molar-refractivity contribution in [3.63, 3.8) is 0 Å². The number of nitrogens with zero attached hydrogens (tertiary/aromatic N) is 3. The van der Waals surface area contributed by atoms with E-state index in [1.165, 1.54) is 18.0 Å². The van der Waals surface area contributed by atoms with E-state index in [9.17, 15) is 27.5 Å². The number of nitrogens with one attached hydrogen (secondary N) is 2. The van der Waals surface area contributed by atoms with Crippen LogP contribution in [0.25, 0.3) is 0 Å². The van der Waals surface area contributed by atoms with Crippen LogP contribution in [0.4, 0.5) is 19.3 Å². The summed E-state index contributed by atoms with van der Waals surface area (Å²) in [5.74, 6) is -3.81. The first-order chi connectivity index (χ1) is 16.5. The zero-order valence-corrected chi connectivity index (χ0v) is 19.6. The van der Waals surface area contributed by atoms with Gasteiger partial charge in [-0.2, -0.15) is 5.26 Å². The lowest BCUT2D eigenvalue weighted by molar-refractivity contribution is 0.101. The van der Waals surface area contributed by atoms with Gasteiger partial charge >= 0.3 is 6.09 Å². The molecular formula is C21H23F2N5O6S. The summed E-state index contributed by atoms with van der Waals surface area (Å²) in [7, 11) is -3.25. The Bertz CT molecular complexity index is 1290. The first-order valence-electron chi connectivity index (χ1n) is 10.4. The van der Waals surface area contributed by atoms with Gasteiger partial charge in [-0.1, -0.05) is 0 Å². The summed E-state index contributed by atoms with van der Waals surface area (Å²) in [6, 6.07) is 3.86. The molecule has 0 spiro atoms. The number of rotatable bonds is 7. The number of likely N-dealkylation sites (tertiary alicyclic amines) is 1. The summed E-state index contributed by atoms with van der Waals surface area (Å²) in [5, 5.41) is 20.8. The fraction of sp³-hybridized carbons (Fsp3) is 0.381. The molecule has 1 aromatic carbocycles. The lowest BCUT2D eigenvalue weighted by atomic mass is 10.1. The van der Waals surface area contributed by atoms with Crippen LogP contribution in [0.3, 0.4) is 0 Å². The van der Waals surface area contributed by atoms with Crippen molar-refractivity contribution < 1.29 is 36.6 Å². The molecule has 0 bridgehead atoms. The van der Waals surface area contributed by atoms with E-state index in [0.717, 1.165) is 22.9 Å². The number of carbonyl (C=O) groups excluding carboxylic acids is 2. The average Bonchev–Trinajstić information content (AvgIpc) is 3.34. The van der Waals surface area contributed by atoms with Gasteiger partial charge in [0.15, 0.2) is 5.82 Å². The number of aliphatic hydroxyl groups excluding tert-OH is 1. The number of amides is 2. The van der Waals surface area contributed by atoms with Crippen LogP contribution < -0.4 is 10.0 Å². The molecule has 0 aliphatic carbocycles.